The highest BCUT2D eigenvalue weighted by molar-refractivity contribution is 5.93. The molecule has 5 N–H and O–H groups in total. The molecule has 7 heteroatoms. The first kappa shape index (κ1) is 13.9. The van der Waals surface area contributed by atoms with Gasteiger partial charge in [-0.1, -0.05) is 5.16 Å². The molecule has 0 unspecified atom stereocenters. The summed E-state index contributed by atoms with van der Waals surface area (Å²) < 4.78 is 0. The van der Waals surface area contributed by atoms with Crippen molar-refractivity contribution >= 4 is 11.9 Å². The van der Waals surface area contributed by atoms with Gasteiger partial charge in [-0.15, -0.1) is 0 Å². The number of oxime groups is 1. The van der Waals surface area contributed by atoms with Crippen molar-refractivity contribution in [1.29, 1.82) is 0 Å². The Morgan fingerprint density at radius 2 is 2.05 bits per heavy atom. The lowest BCUT2D eigenvalue weighted by Crippen LogP contribution is -2.64. The Balaban J connectivity index is 1.99. The fraction of sp³-hybridized carbons (Fsp3) is 0.833. The number of nitrogens with zero attached hydrogens (tertiary/aromatic N) is 2. The number of nitrogens with two attached hydrogens (primary N) is 1. The van der Waals surface area contributed by atoms with Crippen molar-refractivity contribution in [2.75, 3.05) is 20.1 Å². The lowest BCUT2D eigenvalue weighted by molar-refractivity contribution is 0.184. The molecule has 0 aromatic heterocycles. The molecule has 108 valence electrons. The Morgan fingerprint density at radius 3 is 2.53 bits per heavy atom. The minimum Gasteiger partial charge on any atom is -0.409 e. The third-order valence-corrected chi connectivity index (χ3v) is 4.23. The molecule has 0 bridgehead atoms. The molecule has 0 atom stereocenters. The van der Waals surface area contributed by atoms with E-state index in [1.807, 2.05) is 7.05 Å². The summed E-state index contributed by atoms with van der Waals surface area (Å²) >= 11 is 0. The maximum atomic E-state index is 12.0. The van der Waals surface area contributed by atoms with Crippen molar-refractivity contribution in [1.82, 2.24) is 15.5 Å². The van der Waals surface area contributed by atoms with E-state index in [-0.39, 0.29) is 17.9 Å². The third kappa shape index (κ3) is 3.09. The van der Waals surface area contributed by atoms with Gasteiger partial charge in [0.25, 0.3) is 0 Å². The summed E-state index contributed by atoms with van der Waals surface area (Å²) in [5.41, 5.74) is 5.07. The molecule has 1 aliphatic heterocycles. The second-order valence-corrected chi connectivity index (χ2v) is 5.60. The maximum absolute atomic E-state index is 12.0. The number of amidine groups is 1. The summed E-state index contributed by atoms with van der Waals surface area (Å²) in [5.74, 6) is 0.0874. The smallest absolute Gasteiger partial charge is 0.315 e. The fourth-order valence-corrected chi connectivity index (χ4v) is 2.53. The standard InChI is InChI=1S/C12H23N5O2/c1-17-7-5-12(6-8-17,10(13)16-19)15-11(18)14-9-3-2-4-9/h9,19H,2-8H2,1H3,(H2,13,16)(H2,14,15,18). The molecular formula is C12H23N5O2. The van der Waals surface area contributed by atoms with Crippen molar-refractivity contribution < 1.29 is 10.0 Å². The van der Waals surface area contributed by atoms with E-state index in [1.54, 1.807) is 0 Å². The predicted molar refractivity (Wildman–Crippen MR) is 72.2 cm³/mol. The average Bonchev–Trinajstić information content (AvgIpc) is 2.36. The SMILES string of the molecule is CN1CCC(NC(=O)NC2CCC2)(C(N)=NO)CC1. The number of hydrogen-bond donors (Lipinski definition) is 4. The Kier molecular flexibility index (Phi) is 4.14. The van der Waals surface area contributed by atoms with Gasteiger partial charge in [-0.2, -0.15) is 0 Å². The van der Waals surface area contributed by atoms with Crippen LogP contribution < -0.4 is 16.4 Å². The maximum Gasteiger partial charge on any atom is 0.315 e. The first-order chi connectivity index (χ1) is 9.05. The molecule has 0 aromatic carbocycles. The minimum absolute atomic E-state index is 0.0874. The van der Waals surface area contributed by atoms with E-state index in [2.05, 4.69) is 20.7 Å². The van der Waals surface area contributed by atoms with Gasteiger partial charge in [-0.05, 0) is 39.2 Å². The van der Waals surface area contributed by atoms with Crippen LogP contribution in [0.25, 0.3) is 0 Å². The van der Waals surface area contributed by atoms with Crippen molar-refractivity contribution in [2.24, 2.45) is 10.9 Å². The topological polar surface area (TPSA) is 103 Å². The molecule has 2 rings (SSSR count). The van der Waals surface area contributed by atoms with Gasteiger partial charge < -0.3 is 26.5 Å². The Morgan fingerprint density at radius 1 is 1.42 bits per heavy atom. The predicted octanol–water partition coefficient (Wildman–Crippen LogP) is 0.0489. The van der Waals surface area contributed by atoms with Crippen LogP contribution in [0.2, 0.25) is 0 Å². The summed E-state index contributed by atoms with van der Waals surface area (Å²) in [6, 6.07) is 0.0523. The quantitative estimate of drug-likeness (QED) is 0.251. The molecule has 2 fully saturated rings. The second kappa shape index (κ2) is 5.64. The second-order valence-electron chi connectivity index (χ2n) is 5.60. The van der Waals surface area contributed by atoms with Gasteiger partial charge in [-0.25, -0.2) is 4.79 Å². The minimum atomic E-state index is -0.727. The third-order valence-electron chi connectivity index (χ3n) is 4.23. The molecule has 19 heavy (non-hydrogen) atoms. The van der Waals surface area contributed by atoms with Crippen LogP contribution in [0.5, 0.6) is 0 Å². The van der Waals surface area contributed by atoms with E-state index < -0.39 is 5.54 Å². The van der Waals surface area contributed by atoms with Gasteiger partial charge >= 0.3 is 6.03 Å². The van der Waals surface area contributed by atoms with Crippen molar-refractivity contribution in [2.45, 2.75) is 43.7 Å². The number of carbonyl (C=O) groups excluding carboxylic acids is 1. The molecule has 7 nitrogen and oxygen atoms in total. The lowest BCUT2D eigenvalue weighted by Gasteiger charge is -2.40. The monoisotopic (exact) mass is 269 g/mol. The van der Waals surface area contributed by atoms with Crippen LogP contribution in [0.4, 0.5) is 4.79 Å². The summed E-state index contributed by atoms with van der Waals surface area (Å²) in [6.45, 7) is 1.61. The van der Waals surface area contributed by atoms with Crippen molar-refractivity contribution in [3.63, 3.8) is 0 Å². The van der Waals surface area contributed by atoms with Gasteiger partial charge in [0.05, 0.1) is 0 Å². The van der Waals surface area contributed by atoms with Gasteiger partial charge in [0, 0.05) is 19.1 Å². The Hall–Kier alpha value is -1.50. The van der Waals surface area contributed by atoms with E-state index in [4.69, 9.17) is 10.9 Å². The molecule has 0 aromatic rings. The fourth-order valence-electron chi connectivity index (χ4n) is 2.53. The Bertz CT molecular complexity index is 359. The Labute approximate surface area is 113 Å². The highest BCUT2D eigenvalue weighted by Crippen LogP contribution is 2.23. The summed E-state index contributed by atoms with van der Waals surface area (Å²) in [6.07, 6.45) is 4.54. The molecule has 2 amide bonds. The van der Waals surface area contributed by atoms with E-state index >= 15 is 0 Å². The number of amides is 2. The highest BCUT2D eigenvalue weighted by atomic mass is 16.4. The number of carbonyl (C=O) groups is 1. The summed E-state index contributed by atoms with van der Waals surface area (Å²) in [5, 5.41) is 17.9. The molecule has 2 aliphatic rings. The van der Waals surface area contributed by atoms with Gasteiger partial charge in [0.2, 0.25) is 0 Å². The van der Waals surface area contributed by atoms with Crippen LogP contribution in [0.3, 0.4) is 0 Å². The first-order valence-electron chi connectivity index (χ1n) is 6.81. The number of likely N-dealkylation sites (tertiary alicyclic amines) is 1. The molecule has 1 aliphatic carbocycles. The van der Waals surface area contributed by atoms with Crippen LogP contribution >= 0.6 is 0 Å². The number of piperidine rings is 1. The van der Waals surface area contributed by atoms with Crippen LogP contribution in [0, 0.1) is 0 Å². The molecule has 0 spiro atoms. The van der Waals surface area contributed by atoms with Crippen LogP contribution in [0.1, 0.15) is 32.1 Å². The van der Waals surface area contributed by atoms with Crippen LogP contribution in [-0.4, -0.2) is 53.7 Å². The molecular weight excluding hydrogens is 246 g/mol. The van der Waals surface area contributed by atoms with Crippen molar-refractivity contribution in [3.05, 3.63) is 0 Å². The van der Waals surface area contributed by atoms with E-state index in [1.165, 1.54) is 6.42 Å². The van der Waals surface area contributed by atoms with Gasteiger partial charge in [0.1, 0.15) is 5.54 Å². The summed E-state index contributed by atoms with van der Waals surface area (Å²) in [4.78, 5) is 14.2. The van der Waals surface area contributed by atoms with E-state index in [0.717, 1.165) is 25.9 Å². The number of hydrogen-bond acceptors (Lipinski definition) is 4. The molecule has 1 heterocycles. The number of nitrogens with one attached hydrogen (secondary N) is 2. The number of urea groups is 1. The van der Waals surface area contributed by atoms with Gasteiger partial charge in [-0.3, -0.25) is 0 Å². The first-order valence-corrected chi connectivity index (χ1v) is 6.81. The zero-order valence-corrected chi connectivity index (χ0v) is 11.4. The van der Waals surface area contributed by atoms with Crippen molar-refractivity contribution in [3.8, 4) is 0 Å². The molecule has 1 saturated carbocycles. The molecule has 1 saturated heterocycles. The van der Waals surface area contributed by atoms with E-state index in [9.17, 15) is 4.79 Å². The largest absolute Gasteiger partial charge is 0.409 e. The zero-order valence-electron chi connectivity index (χ0n) is 11.4. The normalized spacial score (nSPS) is 24.6. The van der Waals surface area contributed by atoms with Crippen LogP contribution in [0.15, 0.2) is 5.16 Å². The highest BCUT2D eigenvalue weighted by Gasteiger charge is 2.40. The average molecular weight is 269 g/mol. The van der Waals surface area contributed by atoms with Gasteiger partial charge in [0.15, 0.2) is 5.84 Å². The zero-order chi connectivity index (χ0) is 13.9. The summed E-state index contributed by atoms with van der Waals surface area (Å²) in [7, 11) is 2.02. The lowest BCUT2D eigenvalue weighted by atomic mass is 9.86. The number of rotatable bonds is 3. The van der Waals surface area contributed by atoms with Crippen LogP contribution in [-0.2, 0) is 0 Å². The van der Waals surface area contributed by atoms with E-state index in [0.29, 0.717) is 12.8 Å². The molecule has 0 radical (unpaired) electrons.